The minimum Gasteiger partial charge on any atom is -0.329 e. The fourth-order valence-electron chi connectivity index (χ4n) is 1.54. The smallest absolute Gasteiger partial charge is 0.0419 e. The van der Waals surface area contributed by atoms with E-state index in [-0.39, 0.29) is 0 Å². The topological polar surface area (TPSA) is 26.0 Å². The summed E-state index contributed by atoms with van der Waals surface area (Å²) >= 11 is 1.98. The molecule has 2 N–H and O–H groups in total. The van der Waals surface area contributed by atoms with Gasteiger partial charge in [0.25, 0.3) is 0 Å². The molecule has 0 aliphatic heterocycles. The summed E-state index contributed by atoms with van der Waals surface area (Å²) in [5.41, 5.74) is 8.51. The maximum Gasteiger partial charge on any atom is 0.0419 e. The molecule has 1 nitrogen and oxygen atoms in total. The Balaban J connectivity index is 2.57. The molecular weight excluding hydrogens is 202 g/mol. The van der Waals surface area contributed by atoms with Crippen LogP contribution in [0, 0.1) is 6.92 Å². The molecule has 0 aliphatic carbocycles. The lowest BCUT2D eigenvalue weighted by Crippen LogP contribution is -2.10. The summed E-state index contributed by atoms with van der Waals surface area (Å²) in [4.78, 5) is 0. The number of nitrogens with two attached hydrogens (primary N) is 1. The third kappa shape index (κ3) is 4.27. The van der Waals surface area contributed by atoms with Crippen LogP contribution in [-0.2, 0) is 0 Å². The molecule has 1 atom stereocenters. The maximum absolute atomic E-state index is 5.82. The molecule has 0 aliphatic rings. The van der Waals surface area contributed by atoms with Crippen LogP contribution in [0.2, 0.25) is 0 Å². The first-order valence-corrected chi connectivity index (χ1v) is 6.71. The molecule has 1 rings (SSSR count). The van der Waals surface area contributed by atoms with Crippen molar-refractivity contribution in [3.8, 4) is 0 Å². The van der Waals surface area contributed by atoms with Gasteiger partial charge in [-0.1, -0.05) is 43.2 Å². The Labute approximate surface area is 97.4 Å². The van der Waals surface area contributed by atoms with Gasteiger partial charge in [0, 0.05) is 11.8 Å². The van der Waals surface area contributed by atoms with Gasteiger partial charge in [-0.05, 0) is 24.7 Å². The van der Waals surface area contributed by atoms with Gasteiger partial charge in [-0.25, -0.2) is 0 Å². The van der Waals surface area contributed by atoms with Crippen LogP contribution in [0.25, 0.3) is 0 Å². The lowest BCUT2D eigenvalue weighted by atomic mass is 10.1. The Kier molecular flexibility index (Phi) is 5.81. The minimum absolute atomic E-state index is 0.469. The SMILES string of the molecule is CCCCSC(CN)c1cccc(C)c1. The van der Waals surface area contributed by atoms with Crippen molar-refractivity contribution >= 4 is 11.8 Å². The van der Waals surface area contributed by atoms with E-state index >= 15 is 0 Å². The number of unbranched alkanes of at least 4 members (excludes halogenated alkanes) is 1. The third-order valence-electron chi connectivity index (χ3n) is 2.44. The second-order valence-corrected chi connectivity index (χ2v) is 5.17. The summed E-state index contributed by atoms with van der Waals surface area (Å²) in [6.45, 7) is 5.09. The maximum atomic E-state index is 5.82. The van der Waals surface area contributed by atoms with E-state index in [4.69, 9.17) is 5.73 Å². The normalized spacial score (nSPS) is 12.7. The summed E-state index contributed by atoms with van der Waals surface area (Å²) in [6, 6.07) is 8.68. The van der Waals surface area contributed by atoms with Gasteiger partial charge >= 0.3 is 0 Å². The molecule has 0 heterocycles. The Bertz CT molecular complexity index is 286. The lowest BCUT2D eigenvalue weighted by molar-refractivity contribution is 0.882. The molecule has 0 saturated heterocycles. The van der Waals surface area contributed by atoms with Gasteiger partial charge in [0.1, 0.15) is 0 Å². The van der Waals surface area contributed by atoms with Crippen LogP contribution in [0.15, 0.2) is 24.3 Å². The molecule has 0 aromatic heterocycles. The van der Waals surface area contributed by atoms with Gasteiger partial charge in [0.05, 0.1) is 0 Å². The number of aryl methyl sites for hydroxylation is 1. The average molecular weight is 223 g/mol. The first-order valence-electron chi connectivity index (χ1n) is 5.66. The van der Waals surface area contributed by atoms with Crippen molar-refractivity contribution in [2.45, 2.75) is 31.9 Å². The van der Waals surface area contributed by atoms with E-state index in [0.29, 0.717) is 5.25 Å². The van der Waals surface area contributed by atoms with E-state index in [1.165, 1.54) is 29.7 Å². The zero-order valence-electron chi connectivity index (χ0n) is 9.70. The second kappa shape index (κ2) is 6.91. The largest absolute Gasteiger partial charge is 0.329 e. The molecule has 0 fully saturated rings. The van der Waals surface area contributed by atoms with Crippen LogP contribution in [0.3, 0.4) is 0 Å². The highest BCUT2D eigenvalue weighted by Gasteiger charge is 2.09. The Morgan fingerprint density at radius 2 is 2.20 bits per heavy atom. The van der Waals surface area contributed by atoms with Crippen molar-refractivity contribution in [1.82, 2.24) is 0 Å². The zero-order valence-corrected chi connectivity index (χ0v) is 10.5. The lowest BCUT2D eigenvalue weighted by Gasteiger charge is -2.15. The van der Waals surface area contributed by atoms with Crippen molar-refractivity contribution in [2.75, 3.05) is 12.3 Å². The van der Waals surface area contributed by atoms with E-state index in [9.17, 15) is 0 Å². The monoisotopic (exact) mass is 223 g/mol. The van der Waals surface area contributed by atoms with Gasteiger partial charge in [0.2, 0.25) is 0 Å². The van der Waals surface area contributed by atoms with Crippen molar-refractivity contribution < 1.29 is 0 Å². The summed E-state index contributed by atoms with van der Waals surface area (Å²) in [5.74, 6) is 1.21. The molecule has 0 amide bonds. The molecule has 1 unspecified atom stereocenters. The fraction of sp³-hybridized carbons (Fsp3) is 0.538. The van der Waals surface area contributed by atoms with Crippen LogP contribution in [0.4, 0.5) is 0 Å². The van der Waals surface area contributed by atoms with Gasteiger partial charge in [-0.3, -0.25) is 0 Å². The zero-order chi connectivity index (χ0) is 11.1. The minimum atomic E-state index is 0.469. The molecule has 0 spiro atoms. The highest BCUT2D eigenvalue weighted by molar-refractivity contribution is 7.99. The predicted octanol–water partition coefficient (Wildman–Crippen LogP) is 3.53. The summed E-state index contributed by atoms with van der Waals surface area (Å²) in [7, 11) is 0. The quantitative estimate of drug-likeness (QED) is 0.747. The third-order valence-corrected chi connectivity index (χ3v) is 3.84. The van der Waals surface area contributed by atoms with Gasteiger partial charge in [-0.2, -0.15) is 11.8 Å². The van der Waals surface area contributed by atoms with Crippen LogP contribution in [0.1, 0.15) is 36.1 Å². The summed E-state index contributed by atoms with van der Waals surface area (Å²) in [5, 5.41) is 0.469. The van der Waals surface area contributed by atoms with E-state index in [2.05, 4.69) is 38.1 Å². The van der Waals surface area contributed by atoms with Crippen molar-refractivity contribution in [2.24, 2.45) is 5.73 Å². The van der Waals surface area contributed by atoms with Crippen LogP contribution in [0.5, 0.6) is 0 Å². The van der Waals surface area contributed by atoms with Crippen molar-refractivity contribution in [3.05, 3.63) is 35.4 Å². The first kappa shape index (κ1) is 12.6. The van der Waals surface area contributed by atoms with Crippen molar-refractivity contribution in [3.63, 3.8) is 0 Å². The van der Waals surface area contributed by atoms with Gasteiger partial charge in [-0.15, -0.1) is 0 Å². The Morgan fingerprint density at radius 3 is 2.80 bits per heavy atom. The summed E-state index contributed by atoms with van der Waals surface area (Å²) < 4.78 is 0. The standard InChI is InChI=1S/C13H21NS/c1-3-4-8-15-13(10-14)12-7-5-6-11(2)9-12/h5-7,9,13H,3-4,8,10,14H2,1-2H3. The molecular formula is C13H21NS. The molecule has 1 aromatic rings. The Hall–Kier alpha value is -0.470. The second-order valence-electron chi connectivity index (χ2n) is 3.86. The number of rotatable bonds is 6. The molecule has 1 aromatic carbocycles. The predicted molar refractivity (Wildman–Crippen MR) is 70.3 cm³/mol. The molecule has 0 bridgehead atoms. The van der Waals surface area contributed by atoms with Crippen LogP contribution < -0.4 is 5.73 Å². The molecule has 0 saturated carbocycles. The average Bonchev–Trinajstić information content (AvgIpc) is 2.24. The molecule has 0 radical (unpaired) electrons. The Morgan fingerprint density at radius 1 is 1.40 bits per heavy atom. The number of hydrogen-bond acceptors (Lipinski definition) is 2. The fourth-order valence-corrected chi connectivity index (χ4v) is 2.76. The number of thioether (sulfide) groups is 1. The molecule has 2 heteroatoms. The number of benzene rings is 1. The van der Waals surface area contributed by atoms with E-state index in [1.54, 1.807) is 0 Å². The summed E-state index contributed by atoms with van der Waals surface area (Å²) in [6.07, 6.45) is 2.55. The van der Waals surface area contributed by atoms with E-state index in [1.807, 2.05) is 11.8 Å². The number of hydrogen-bond donors (Lipinski definition) is 1. The highest BCUT2D eigenvalue weighted by Crippen LogP contribution is 2.28. The van der Waals surface area contributed by atoms with Crippen LogP contribution >= 0.6 is 11.8 Å². The molecule has 15 heavy (non-hydrogen) atoms. The van der Waals surface area contributed by atoms with Gasteiger partial charge < -0.3 is 5.73 Å². The van der Waals surface area contributed by atoms with E-state index < -0.39 is 0 Å². The van der Waals surface area contributed by atoms with Gasteiger partial charge in [0.15, 0.2) is 0 Å². The van der Waals surface area contributed by atoms with E-state index in [0.717, 1.165) is 6.54 Å². The first-order chi connectivity index (χ1) is 7.27. The van der Waals surface area contributed by atoms with Crippen LogP contribution in [-0.4, -0.2) is 12.3 Å². The van der Waals surface area contributed by atoms with Crippen molar-refractivity contribution in [1.29, 1.82) is 0 Å². The molecule has 84 valence electrons. The highest BCUT2D eigenvalue weighted by atomic mass is 32.2.